The van der Waals surface area contributed by atoms with E-state index in [2.05, 4.69) is 152 Å². The van der Waals surface area contributed by atoms with Crippen molar-refractivity contribution in [3.63, 3.8) is 0 Å². The van der Waals surface area contributed by atoms with Gasteiger partial charge in [0.2, 0.25) is 11.2 Å². The molecule has 55 heavy (non-hydrogen) atoms. The second-order valence-electron chi connectivity index (χ2n) is 15.2. The number of benzene rings is 8. The number of fused-ring (bicyclic) bond motifs is 12. The molecule has 1 N–H and O–H groups in total. The summed E-state index contributed by atoms with van der Waals surface area (Å²) in [5, 5.41) is 22.5. The molecule has 0 amide bonds. The summed E-state index contributed by atoms with van der Waals surface area (Å²) in [7, 11) is 0. The van der Waals surface area contributed by atoms with Crippen LogP contribution in [0.3, 0.4) is 0 Å². The minimum atomic E-state index is -0.200. The summed E-state index contributed by atoms with van der Waals surface area (Å²) in [6.07, 6.45) is 0. The van der Waals surface area contributed by atoms with Crippen molar-refractivity contribution < 1.29 is 29.0 Å². The van der Waals surface area contributed by atoms with E-state index in [1.54, 1.807) is 12.1 Å². The summed E-state index contributed by atoms with van der Waals surface area (Å²) in [6, 6.07) is 58.0. The molecule has 0 spiro atoms. The third-order valence-corrected chi connectivity index (χ3v) is 11.8. The zero-order chi connectivity index (χ0) is 36.1. The summed E-state index contributed by atoms with van der Waals surface area (Å²) in [5.74, 6) is -0.00419. The predicted molar refractivity (Wildman–Crippen MR) is 222 cm³/mol. The Kier molecular flexibility index (Phi) is 7.52. The first-order valence-corrected chi connectivity index (χ1v) is 18.6. The van der Waals surface area contributed by atoms with Crippen molar-refractivity contribution in [3.05, 3.63) is 175 Å². The first-order valence-electron chi connectivity index (χ1n) is 18.6. The number of nitrogens with one attached hydrogen (secondary N) is 1. The molecule has 4 heteroatoms. The molecule has 11 rings (SSSR count). The van der Waals surface area contributed by atoms with Crippen molar-refractivity contribution in [3.8, 4) is 50.5 Å². The zero-order valence-corrected chi connectivity index (χ0v) is 30.9. The first kappa shape index (κ1) is 33.3. The number of hydrogen-bond acceptors (Lipinski definition) is 2. The maximum Gasteiger partial charge on any atom is 1.00 e. The van der Waals surface area contributed by atoms with Crippen molar-refractivity contribution in [2.45, 2.75) is 19.3 Å². The zero-order valence-electron chi connectivity index (χ0n) is 30.9. The number of aromatic amines is 1. The van der Waals surface area contributed by atoms with E-state index >= 15 is 0 Å². The second kappa shape index (κ2) is 12.4. The number of hydrogen-bond donors (Lipinski definition) is 0. The van der Waals surface area contributed by atoms with Crippen LogP contribution >= 0.6 is 0 Å². The standard InChI is InChI=1S/C51H34N2O.Li/c1-51(2)44-28-33(32-17-22-39-37-11-4-3-9-35(37)36-10-5-6-12-38(36)43(39)27-32)18-23-40(44)41-24-19-34(29-45(41)51)46-25-20-30-15-16-31-21-26-47(53-50(31)49(30)52-46)42-13-7-8-14-48(42)54;/h3-29,54H,1-2H3;/q;+1. The van der Waals surface area contributed by atoms with Crippen LogP contribution < -0.4 is 29.0 Å². The molecular formula is C51H34LiN2O+. The number of para-hydroxylation sites is 1. The van der Waals surface area contributed by atoms with Crippen LogP contribution in [0.2, 0.25) is 0 Å². The average Bonchev–Trinajstić information content (AvgIpc) is 3.45. The van der Waals surface area contributed by atoms with Gasteiger partial charge in [-0.3, -0.25) is 0 Å². The van der Waals surface area contributed by atoms with Gasteiger partial charge in [0.25, 0.3) is 0 Å². The van der Waals surface area contributed by atoms with Crippen molar-refractivity contribution in [1.82, 2.24) is 4.98 Å². The summed E-state index contributed by atoms with van der Waals surface area (Å²) >= 11 is 0. The molecule has 0 saturated heterocycles. The molecule has 3 nitrogen and oxygen atoms in total. The van der Waals surface area contributed by atoms with Crippen LogP contribution in [0.1, 0.15) is 25.0 Å². The van der Waals surface area contributed by atoms with Crippen molar-refractivity contribution >= 4 is 54.1 Å². The molecule has 0 radical (unpaired) electrons. The number of aromatic nitrogens is 2. The maximum absolute atomic E-state index is 12.7. The molecule has 0 bridgehead atoms. The van der Waals surface area contributed by atoms with Crippen LogP contribution in [-0.2, 0) is 5.41 Å². The molecule has 0 fully saturated rings. The van der Waals surface area contributed by atoms with E-state index < -0.39 is 0 Å². The number of H-pyrrole nitrogens is 1. The van der Waals surface area contributed by atoms with E-state index in [4.69, 9.17) is 4.98 Å². The van der Waals surface area contributed by atoms with Crippen molar-refractivity contribution in [2.75, 3.05) is 0 Å². The van der Waals surface area contributed by atoms with Crippen molar-refractivity contribution in [2.24, 2.45) is 0 Å². The fourth-order valence-corrected chi connectivity index (χ4v) is 8.99. The molecule has 8 aromatic carbocycles. The van der Waals surface area contributed by atoms with Gasteiger partial charge in [-0.1, -0.05) is 135 Å². The third-order valence-electron chi connectivity index (χ3n) is 11.8. The monoisotopic (exact) mass is 697 g/mol. The molecule has 2 aromatic heterocycles. The van der Waals surface area contributed by atoms with Crippen LogP contribution in [0.25, 0.3) is 98.9 Å². The van der Waals surface area contributed by atoms with E-state index in [9.17, 15) is 5.11 Å². The van der Waals surface area contributed by atoms with Gasteiger partial charge in [-0.05, 0) is 108 Å². The van der Waals surface area contributed by atoms with Crippen LogP contribution in [-0.4, -0.2) is 4.98 Å². The Bertz CT molecular complexity index is 3180. The smallest absolute Gasteiger partial charge is 0.872 e. The van der Waals surface area contributed by atoms with Crippen LogP contribution in [0.4, 0.5) is 0 Å². The van der Waals surface area contributed by atoms with Gasteiger partial charge in [-0.25, -0.2) is 9.97 Å². The van der Waals surface area contributed by atoms with E-state index in [0.717, 1.165) is 38.8 Å². The number of rotatable bonds is 3. The molecule has 0 saturated carbocycles. The van der Waals surface area contributed by atoms with Gasteiger partial charge < -0.3 is 5.11 Å². The molecule has 0 unspecified atom stereocenters. The summed E-state index contributed by atoms with van der Waals surface area (Å²) in [6.45, 7) is 4.69. The number of pyridine rings is 2. The van der Waals surface area contributed by atoms with Gasteiger partial charge in [-0.15, -0.1) is 0 Å². The fourth-order valence-electron chi connectivity index (χ4n) is 8.99. The summed E-state index contributed by atoms with van der Waals surface area (Å²) in [5.41, 5.74) is 12.7. The van der Waals surface area contributed by atoms with Crippen LogP contribution in [0.5, 0.6) is 5.75 Å². The average molecular weight is 698 g/mol. The molecule has 1 aliphatic carbocycles. The van der Waals surface area contributed by atoms with Gasteiger partial charge >= 0.3 is 18.9 Å². The molecule has 10 aromatic rings. The Morgan fingerprint density at radius 1 is 0.473 bits per heavy atom. The number of nitrogens with zero attached hydrogens (tertiary/aromatic N) is 1. The van der Waals surface area contributed by atoms with Gasteiger partial charge in [0, 0.05) is 33.4 Å². The van der Waals surface area contributed by atoms with E-state index in [1.165, 1.54) is 65.7 Å². The van der Waals surface area contributed by atoms with E-state index in [-0.39, 0.29) is 30.0 Å². The molecule has 1 aliphatic rings. The predicted octanol–water partition coefficient (Wildman–Crippen LogP) is 9.05. The normalized spacial score (nSPS) is 13.0. The molecular weight excluding hydrogens is 664 g/mol. The largest absolute Gasteiger partial charge is 1.00 e. The van der Waals surface area contributed by atoms with Crippen LogP contribution in [0, 0.1) is 0 Å². The molecule has 0 atom stereocenters. The van der Waals surface area contributed by atoms with Gasteiger partial charge in [0.1, 0.15) is 5.52 Å². The molecule has 2 heterocycles. The topological polar surface area (TPSA) is 50.1 Å². The van der Waals surface area contributed by atoms with Gasteiger partial charge in [0.15, 0.2) is 0 Å². The fraction of sp³-hybridized carbons (Fsp3) is 0.0588. The third kappa shape index (κ3) is 5.05. The quantitative estimate of drug-likeness (QED) is 0.137. The maximum atomic E-state index is 12.7. The SMILES string of the molecule is CC1(C)c2cc(-c3ccc4c5ccccc5c5ccccc5c4c3)ccc2-c2ccc(-c3ccc4ccc5ccc(-c6ccccc6[O-])[nH+]c5c4n3)cc21.[Li+]. The Morgan fingerprint density at radius 3 is 1.71 bits per heavy atom. The summed E-state index contributed by atoms with van der Waals surface area (Å²) < 4.78 is 0. The molecule has 254 valence electrons. The first-order chi connectivity index (χ1) is 26.4. The minimum absolute atomic E-state index is 0. The summed E-state index contributed by atoms with van der Waals surface area (Å²) in [4.78, 5) is 8.82. The molecule has 0 aliphatic heterocycles. The Morgan fingerprint density at radius 2 is 1.00 bits per heavy atom. The van der Waals surface area contributed by atoms with Crippen molar-refractivity contribution in [1.29, 1.82) is 0 Å². The second-order valence-corrected chi connectivity index (χ2v) is 15.2. The van der Waals surface area contributed by atoms with Gasteiger partial charge in [-0.2, -0.15) is 0 Å². The van der Waals surface area contributed by atoms with Crippen LogP contribution in [0.15, 0.2) is 164 Å². The van der Waals surface area contributed by atoms with E-state index in [0.29, 0.717) is 5.56 Å². The Labute approximate surface area is 331 Å². The minimum Gasteiger partial charge on any atom is -0.872 e. The van der Waals surface area contributed by atoms with E-state index in [1.807, 2.05) is 18.2 Å². The Hall–Kier alpha value is -6.24. The van der Waals surface area contributed by atoms with Gasteiger partial charge in [0.05, 0.1) is 5.69 Å². The Balaban J connectivity index is 0.00000372.